The molecule has 1 heterocycles. The summed E-state index contributed by atoms with van der Waals surface area (Å²) in [6.07, 6.45) is 3.55. The third-order valence-electron chi connectivity index (χ3n) is 6.23. The number of nitrogens with zero attached hydrogens (tertiary/aromatic N) is 1. The van der Waals surface area contributed by atoms with Gasteiger partial charge in [-0.3, -0.25) is 4.79 Å². The Bertz CT molecular complexity index is 772. The maximum Gasteiger partial charge on any atom is 0.416 e. The smallest absolute Gasteiger partial charge is 0.416 e. The fourth-order valence-electron chi connectivity index (χ4n) is 4.30. The van der Waals surface area contributed by atoms with Crippen molar-refractivity contribution in [3.8, 4) is 0 Å². The molecule has 2 aliphatic rings. The Balaban J connectivity index is 1.78. The number of carbonyl (C=O) groups excluding carboxylic acids is 1. The van der Waals surface area contributed by atoms with Crippen LogP contribution < -0.4 is 0 Å². The molecule has 0 saturated heterocycles. The van der Waals surface area contributed by atoms with Crippen LogP contribution in [0.4, 0.5) is 13.2 Å². The highest BCUT2D eigenvalue weighted by atomic mass is 19.4. The van der Waals surface area contributed by atoms with Crippen LogP contribution in [-0.4, -0.2) is 48.5 Å². The van der Waals surface area contributed by atoms with Crippen LogP contribution in [0.25, 0.3) is 0 Å². The molecule has 1 saturated carbocycles. The molecule has 0 bridgehead atoms. The molecule has 8 heteroatoms. The Labute approximate surface area is 187 Å². The van der Waals surface area contributed by atoms with Crippen molar-refractivity contribution in [2.75, 3.05) is 20.3 Å². The molecular formula is C24H32F3NO4. The van der Waals surface area contributed by atoms with Crippen molar-refractivity contribution in [2.45, 2.75) is 75.8 Å². The summed E-state index contributed by atoms with van der Waals surface area (Å²) < 4.78 is 50.5. The number of aliphatic hydroxyl groups is 1. The van der Waals surface area contributed by atoms with E-state index in [1.54, 1.807) is 18.0 Å². The van der Waals surface area contributed by atoms with Crippen LogP contribution in [0, 0.1) is 0 Å². The van der Waals surface area contributed by atoms with Gasteiger partial charge in [0.1, 0.15) is 0 Å². The molecule has 2 atom stereocenters. The van der Waals surface area contributed by atoms with E-state index >= 15 is 0 Å². The van der Waals surface area contributed by atoms with Crippen LogP contribution >= 0.6 is 0 Å². The van der Waals surface area contributed by atoms with Crippen molar-refractivity contribution in [1.29, 1.82) is 0 Å². The summed E-state index contributed by atoms with van der Waals surface area (Å²) in [7, 11) is 1.78. The van der Waals surface area contributed by atoms with E-state index in [1.165, 1.54) is 18.6 Å². The zero-order valence-electron chi connectivity index (χ0n) is 18.4. The van der Waals surface area contributed by atoms with Crippen LogP contribution in [0.15, 0.2) is 36.1 Å². The van der Waals surface area contributed by atoms with Gasteiger partial charge in [0.05, 0.1) is 12.2 Å². The first kappa shape index (κ1) is 24.6. The minimum absolute atomic E-state index is 0.0683. The monoisotopic (exact) mass is 455 g/mol. The molecule has 1 aliphatic carbocycles. The van der Waals surface area contributed by atoms with Gasteiger partial charge in [-0.05, 0) is 49.5 Å². The zero-order valence-corrected chi connectivity index (χ0v) is 18.4. The number of ether oxygens (including phenoxy) is 2. The first-order valence-corrected chi connectivity index (χ1v) is 11.3. The van der Waals surface area contributed by atoms with Gasteiger partial charge in [0.15, 0.2) is 5.76 Å². The summed E-state index contributed by atoms with van der Waals surface area (Å²) in [5, 5.41) is 8.95. The molecule has 1 amide bonds. The number of likely N-dealkylation sites (N-methyl/N-ethyl adjacent to an activating group) is 1. The number of unbranched alkanes of at least 4 members (excludes halogenated alkanes) is 1. The van der Waals surface area contributed by atoms with Gasteiger partial charge in [-0.15, -0.1) is 0 Å². The number of alkyl halides is 3. The largest absolute Gasteiger partial charge is 0.459 e. The summed E-state index contributed by atoms with van der Waals surface area (Å²) >= 11 is 0. The lowest BCUT2D eigenvalue weighted by Gasteiger charge is -2.34. The van der Waals surface area contributed by atoms with Crippen molar-refractivity contribution >= 4 is 5.91 Å². The highest BCUT2D eigenvalue weighted by Crippen LogP contribution is 2.35. The number of aliphatic hydroxyl groups excluding tert-OH is 1. The second-order valence-corrected chi connectivity index (χ2v) is 8.55. The molecule has 5 nitrogen and oxygen atoms in total. The molecule has 0 unspecified atom stereocenters. The van der Waals surface area contributed by atoms with Gasteiger partial charge in [-0.2, -0.15) is 13.2 Å². The van der Waals surface area contributed by atoms with Gasteiger partial charge < -0.3 is 19.5 Å². The Morgan fingerprint density at radius 2 is 1.84 bits per heavy atom. The first-order chi connectivity index (χ1) is 15.3. The normalized spacial score (nSPS) is 22.2. The van der Waals surface area contributed by atoms with Crippen molar-refractivity contribution in [1.82, 2.24) is 4.90 Å². The molecule has 0 aromatic heterocycles. The van der Waals surface area contributed by atoms with Gasteiger partial charge in [-0.25, -0.2) is 0 Å². The van der Waals surface area contributed by atoms with Crippen LogP contribution in [-0.2, 0) is 20.4 Å². The van der Waals surface area contributed by atoms with E-state index < -0.39 is 18.0 Å². The third kappa shape index (κ3) is 6.48. The van der Waals surface area contributed by atoms with Crippen molar-refractivity contribution in [3.05, 3.63) is 47.2 Å². The Hall–Kier alpha value is -2.06. The number of carbonyl (C=O) groups is 1. The zero-order chi connectivity index (χ0) is 23.1. The molecule has 3 rings (SSSR count). The molecule has 32 heavy (non-hydrogen) atoms. The molecule has 178 valence electrons. The third-order valence-corrected chi connectivity index (χ3v) is 6.23. The minimum atomic E-state index is -4.40. The summed E-state index contributed by atoms with van der Waals surface area (Å²) in [6.45, 7) is 0.434. The molecular weight excluding hydrogens is 423 g/mol. The van der Waals surface area contributed by atoms with E-state index in [4.69, 9.17) is 14.6 Å². The molecule has 0 radical (unpaired) electrons. The maximum atomic E-state index is 13.2. The van der Waals surface area contributed by atoms with Gasteiger partial charge in [-0.1, -0.05) is 31.4 Å². The summed E-state index contributed by atoms with van der Waals surface area (Å²) in [4.78, 5) is 14.9. The lowest BCUT2D eigenvalue weighted by atomic mass is 9.91. The molecule has 0 spiro atoms. The number of hydrogen-bond donors (Lipinski definition) is 1. The Morgan fingerprint density at radius 3 is 2.47 bits per heavy atom. The predicted octanol–water partition coefficient (Wildman–Crippen LogP) is 5.00. The Kier molecular flexibility index (Phi) is 8.59. The number of hydrogen-bond acceptors (Lipinski definition) is 4. The number of benzene rings is 1. The van der Waals surface area contributed by atoms with E-state index in [1.807, 2.05) is 0 Å². The average Bonchev–Trinajstić information content (AvgIpc) is 2.81. The second-order valence-electron chi connectivity index (χ2n) is 8.55. The van der Waals surface area contributed by atoms with E-state index in [9.17, 15) is 18.0 Å². The molecule has 1 aromatic rings. The molecule has 1 aliphatic heterocycles. The van der Waals surface area contributed by atoms with E-state index in [0.717, 1.165) is 37.8 Å². The average molecular weight is 456 g/mol. The van der Waals surface area contributed by atoms with E-state index in [2.05, 4.69) is 0 Å². The standard InChI is InChI=1S/C24H32F3NO4/c1-28(20-7-3-2-4-8-20)23(30)21-15-18(16-22(32-21)31-14-6-5-13-29)17-9-11-19(12-10-17)24(25,26)27/h9-12,15,18,20,22,29H,2-8,13-14,16H2,1H3/t18-,22+/m0/s1. The number of halogens is 3. The van der Waals surface area contributed by atoms with Crippen molar-refractivity contribution in [2.24, 2.45) is 0 Å². The van der Waals surface area contributed by atoms with Crippen LogP contribution in [0.2, 0.25) is 0 Å². The van der Waals surface area contributed by atoms with E-state index in [-0.39, 0.29) is 30.2 Å². The minimum Gasteiger partial charge on any atom is -0.459 e. The lowest BCUT2D eigenvalue weighted by Crippen LogP contribution is -2.41. The van der Waals surface area contributed by atoms with Gasteiger partial charge in [0, 0.05) is 32.0 Å². The van der Waals surface area contributed by atoms with Crippen LogP contribution in [0.5, 0.6) is 0 Å². The van der Waals surface area contributed by atoms with Crippen LogP contribution in [0.1, 0.15) is 68.4 Å². The quantitative estimate of drug-likeness (QED) is 0.561. The molecule has 1 N–H and O–H groups in total. The maximum absolute atomic E-state index is 13.2. The van der Waals surface area contributed by atoms with Gasteiger partial charge >= 0.3 is 6.18 Å². The summed E-state index contributed by atoms with van der Waals surface area (Å²) in [6, 6.07) is 5.18. The molecule has 1 aromatic carbocycles. The summed E-state index contributed by atoms with van der Waals surface area (Å²) in [5.74, 6) is -0.341. The second kappa shape index (κ2) is 11.2. The number of rotatable bonds is 8. The van der Waals surface area contributed by atoms with Crippen molar-refractivity contribution in [3.63, 3.8) is 0 Å². The SMILES string of the molecule is CN(C(=O)C1=C[C@H](c2ccc(C(F)(F)F)cc2)C[C@H](OCCCCO)O1)C1CCCCC1. The van der Waals surface area contributed by atoms with E-state index in [0.29, 0.717) is 31.4 Å². The fraction of sp³-hybridized carbons (Fsp3) is 0.625. The van der Waals surface area contributed by atoms with Crippen LogP contribution in [0.3, 0.4) is 0 Å². The molecule has 1 fully saturated rings. The topological polar surface area (TPSA) is 59.0 Å². The highest BCUT2D eigenvalue weighted by molar-refractivity contribution is 5.91. The number of amides is 1. The van der Waals surface area contributed by atoms with Crippen molar-refractivity contribution < 1.29 is 32.5 Å². The van der Waals surface area contributed by atoms with Gasteiger partial charge in [0.25, 0.3) is 5.91 Å². The highest BCUT2D eigenvalue weighted by Gasteiger charge is 2.34. The Morgan fingerprint density at radius 1 is 1.16 bits per heavy atom. The fourth-order valence-corrected chi connectivity index (χ4v) is 4.30. The first-order valence-electron chi connectivity index (χ1n) is 11.3. The summed E-state index contributed by atoms with van der Waals surface area (Å²) in [5.41, 5.74) is -0.0294. The van der Waals surface area contributed by atoms with Gasteiger partial charge in [0.2, 0.25) is 6.29 Å². The lowest BCUT2D eigenvalue weighted by molar-refractivity contribution is -0.153. The number of allylic oxidation sites excluding steroid dienone is 1. The predicted molar refractivity (Wildman–Crippen MR) is 114 cm³/mol.